The highest BCUT2D eigenvalue weighted by Gasteiger charge is 2.18. The maximum absolute atomic E-state index is 5.45. The molecule has 0 radical (unpaired) electrons. The lowest BCUT2D eigenvalue weighted by atomic mass is 9.91. The summed E-state index contributed by atoms with van der Waals surface area (Å²) in [5.41, 5.74) is 10.2. The van der Waals surface area contributed by atoms with E-state index in [0.717, 1.165) is 55.4 Å². The minimum atomic E-state index is 0.620. The molecule has 2 heterocycles. The lowest BCUT2D eigenvalue weighted by Crippen LogP contribution is -2.00. The standard InChI is InChI=1S/C46H30N4/c1-5-16-31(17-6-1)37-26-14-28-39-41(37)40-29-15-27-38(43(40)47-42(39)32-18-7-2-8-19-32)35-24-13-25-36(30-35)46-49-44(33-20-9-3-10-21-33)48-45(50-46)34-22-11-4-12-23-34/h1-30H. The fraction of sp³-hybridized carbons (Fsp3) is 0. The van der Waals surface area contributed by atoms with Crippen LogP contribution in [0.1, 0.15) is 0 Å². The van der Waals surface area contributed by atoms with Crippen LogP contribution in [0.25, 0.3) is 89.4 Å². The Balaban J connectivity index is 1.27. The molecular formula is C46H30N4. The maximum atomic E-state index is 5.45. The maximum Gasteiger partial charge on any atom is 0.164 e. The van der Waals surface area contributed by atoms with Gasteiger partial charge in [0.25, 0.3) is 0 Å². The zero-order chi connectivity index (χ0) is 33.3. The Labute approximate surface area is 290 Å². The number of rotatable bonds is 6. The summed E-state index contributed by atoms with van der Waals surface area (Å²) < 4.78 is 0. The van der Waals surface area contributed by atoms with Crippen molar-refractivity contribution in [2.45, 2.75) is 0 Å². The highest BCUT2D eigenvalue weighted by Crippen LogP contribution is 2.41. The smallest absolute Gasteiger partial charge is 0.164 e. The van der Waals surface area contributed by atoms with Gasteiger partial charge in [0, 0.05) is 44.0 Å². The lowest BCUT2D eigenvalue weighted by Gasteiger charge is -2.16. The molecule has 0 unspecified atom stereocenters. The summed E-state index contributed by atoms with van der Waals surface area (Å²) in [5, 5.41) is 3.43. The van der Waals surface area contributed by atoms with E-state index in [-0.39, 0.29) is 0 Å². The van der Waals surface area contributed by atoms with Gasteiger partial charge in [0.2, 0.25) is 0 Å². The average molecular weight is 639 g/mol. The monoisotopic (exact) mass is 638 g/mol. The van der Waals surface area contributed by atoms with Crippen LogP contribution >= 0.6 is 0 Å². The minimum Gasteiger partial charge on any atom is -0.246 e. The fourth-order valence-electron chi connectivity index (χ4n) is 6.75. The molecule has 0 aliphatic rings. The summed E-state index contributed by atoms with van der Waals surface area (Å²) in [6.45, 7) is 0. The number of para-hydroxylation sites is 1. The summed E-state index contributed by atoms with van der Waals surface area (Å²) in [6.07, 6.45) is 0. The number of hydrogen-bond acceptors (Lipinski definition) is 4. The molecule has 0 bridgehead atoms. The van der Waals surface area contributed by atoms with Crippen LogP contribution in [0.4, 0.5) is 0 Å². The second kappa shape index (κ2) is 12.7. The van der Waals surface area contributed by atoms with E-state index in [1.165, 1.54) is 16.5 Å². The summed E-state index contributed by atoms with van der Waals surface area (Å²) >= 11 is 0. The molecule has 0 aliphatic carbocycles. The molecule has 50 heavy (non-hydrogen) atoms. The van der Waals surface area contributed by atoms with E-state index in [2.05, 4.69) is 115 Å². The minimum absolute atomic E-state index is 0.620. The van der Waals surface area contributed by atoms with E-state index in [4.69, 9.17) is 19.9 Å². The van der Waals surface area contributed by atoms with Gasteiger partial charge in [-0.25, -0.2) is 19.9 Å². The molecule has 0 fully saturated rings. The van der Waals surface area contributed by atoms with Crippen molar-refractivity contribution in [1.82, 2.24) is 19.9 Å². The molecule has 9 rings (SSSR count). The Morgan fingerprint density at radius 3 is 1.32 bits per heavy atom. The highest BCUT2D eigenvalue weighted by molar-refractivity contribution is 6.19. The summed E-state index contributed by atoms with van der Waals surface area (Å²) in [7, 11) is 0. The second-order valence-corrected chi connectivity index (χ2v) is 12.2. The van der Waals surface area contributed by atoms with Crippen molar-refractivity contribution >= 4 is 21.7 Å². The Hall–Kier alpha value is -6.78. The summed E-state index contributed by atoms with van der Waals surface area (Å²) in [6, 6.07) is 62.8. The van der Waals surface area contributed by atoms with Crippen LogP contribution in [0.2, 0.25) is 0 Å². The third kappa shape index (κ3) is 5.39. The van der Waals surface area contributed by atoms with E-state index in [0.29, 0.717) is 17.5 Å². The molecule has 0 aliphatic heterocycles. The van der Waals surface area contributed by atoms with Gasteiger partial charge in [-0.15, -0.1) is 0 Å². The van der Waals surface area contributed by atoms with Gasteiger partial charge in [0.1, 0.15) is 0 Å². The summed E-state index contributed by atoms with van der Waals surface area (Å²) in [5.74, 6) is 1.90. The predicted octanol–water partition coefficient (Wildman–Crippen LogP) is 11.6. The quantitative estimate of drug-likeness (QED) is 0.170. The van der Waals surface area contributed by atoms with Crippen molar-refractivity contribution in [2.24, 2.45) is 0 Å². The van der Waals surface area contributed by atoms with E-state index in [1.807, 2.05) is 66.7 Å². The van der Waals surface area contributed by atoms with Crippen LogP contribution < -0.4 is 0 Å². The van der Waals surface area contributed by atoms with Crippen molar-refractivity contribution in [3.05, 3.63) is 182 Å². The van der Waals surface area contributed by atoms with Crippen molar-refractivity contribution in [2.75, 3.05) is 0 Å². The third-order valence-corrected chi connectivity index (χ3v) is 9.11. The Morgan fingerprint density at radius 1 is 0.280 bits per heavy atom. The van der Waals surface area contributed by atoms with Gasteiger partial charge in [-0.05, 0) is 22.8 Å². The number of hydrogen-bond donors (Lipinski definition) is 0. The molecule has 4 heteroatoms. The fourth-order valence-corrected chi connectivity index (χ4v) is 6.75. The van der Waals surface area contributed by atoms with Crippen molar-refractivity contribution in [1.29, 1.82) is 0 Å². The first kappa shape index (κ1) is 29.4. The number of benzene rings is 7. The molecule has 4 nitrogen and oxygen atoms in total. The van der Waals surface area contributed by atoms with Gasteiger partial charge >= 0.3 is 0 Å². The Kier molecular flexibility index (Phi) is 7.45. The first-order valence-corrected chi connectivity index (χ1v) is 16.7. The third-order valence-electron chi connectivity index (χ3n) is 9.11. The van der Waals surface area contributed by atoms with E-state index in [1.54, 1.807) is 0 Å². The molecule has 0 saturated heterocycles. The van der Waals surface area contributed by atoms with Gasteiger partial charge in [-0.3, -0.25) is 0 Å². The normalized spacial score (nSPS) is 11.2. The molecular weight excluding hydrogens is 609 g/mol. The second-order valence-electron chi connectivity index (χ2n) is 12.2. The summed E-state index contributed by atoms with van der Waals surface area (Å²) in [4.78, 5) is 20.3. The predicted molar refractivity (Wildman–Crippen MR) is 205 cm³/mol. The highest BCUT2D eigenvalue weighted by atomic mass is 15.0. The molecule has 0 spiro atoms. The molecule has 234 valence electrons. The van der Waals surface area contributed by atoms with Crippen LogP contribution in [0.5, 0.6) is 0 Å². The molecule has 0 amide bonds. The van der Waals surface area contributed by atoms with Gasteiger partial charge < -0.3 is 0 Å². The first-order valence-electron chi connectivity index (χ1n) is 16.7. The van der Waals surface area contributed by atoms with Crippen LogP contribution in [0, 0.1) is 0 Å². The number of aromatic nitrogens is 4. The number of fused-ring (bicyclic) bond motifs is 3. The van der Waals surface area contributed by atoms with Gasteiger partial charge in [0.15, 0.2) is 17.5 Å². The SMILES string of the molecule is c1ccc(-c2nc(-c3ccccc3)nc(-c3cccc(-c4cccc5c4nc(-c4ccccc4)c4cccc(-c6ccccc6)c45)c3)n2)cc1. The Bertz CT molecular complexity index is 2560. The lowest BCUT2D eigenvalue weighted by molar-refractivity contribution is 1.07. The van der Waals surface area contributed by atoms with E-state index < -0.39 is 0 Å². The van der Waals surface area contributed by atoms with Crippen LogP contribution in [-0.4, -0.2) is 19.9 Å². The molecule has 0 saturated carbocycles. The van der Waals surface area contributed by atoms with Crippen molar-refractivity contribution < 1.29 is 0 Å². The van der Waals surface area contributed by atoms with E-state index in [9.17, 15) is 0 Å². The number of pyridine rings is 1. The first-order chi connectivity index (χ1) is 24.8. The zero-order valence-corrected chi connectivity index (χ0v) is 27.1. The Morgan fingerprint density at radius 2 is 0.720 bits per heavy atom. The van der Waals surface area contributed by atoms with Crippen LogP contribution in [0.3, 0.4) is 0 Å². The number of nitrogens with zero attached hydrogens (tertiary/aromatic N) is 4. The largest absolute Gasteiger partial charge is 0.246 e. The zero-order valence-electron chi connectivity index (χ0n) is 27.1. The van der Waals surface area contributed by atoms with Crippen molar-refractivity contribution in [3.63, 3.8) is 0 Å². The molecule has 9 aromatic rings. The average Bonchev–Trinajstić information content (AvgIpc) is 3.21. The molecule has 0 atom stereocenters. The van der Waals surface area contributed by atoms with Gasteiger partial charge in [-0.2, -0.15) is 0 Å². The molecule has 2 aromatic heterocycles. The molecule has 7 aromatic carbocycles. The van der Waals surface area contributed by atoms with Crippen LogP contribution in [0.15, 0.2) is 182 Å². The topological polar surface area (TPSA) is 51.6 Å². The van der Waals surface area contributed by atoms with Crippen LogP contribution in [-0.2, 0) is 0 Å². The molecule has 0 N–H and O–H groups in total. The van der Waals surface area contributed by atoms with Crippen molar-refractivity contribution in [3.8, 4) is 67.7 Å². The van der Waals surface area contributed by atoms with Gasteiger partial charge in [-0.1, -0.05) is 176 Å². The van der Waals surface area contributed by atoms with E-state index >= 15 is 0 Å². The van der Waals surface area contributed by atoms with Gasteiger partial charge in [0.05, 0.1) is 11.2 Å².